The number of amides is 1. The quantitative estimate of drug-likeness (QED) is 0.773. The minimum Gasteiger partial charge on any atom is -0.462 e. The Kier molecular flexibility index (Phi) is 3.56. The summed E-state index contributed by atoms with van der Waals surface area (Å²) in [4.78, 5) is 19.5. The lowest BCUT2D eigenvalue weighted by Crippen LogP contribution is -2.33. The number of aliphatic hydroxyl groups excluding tert-OH is 1. The number of aromatic amines is 1. The number of aromatic nitrogens is 2. The van der Waals surface area contributed by atoms with E-state index in [1.165, 1.54) is 0 Å². The van der Waals surface area contributed by atoms with Crippen LogP contribution in [0.5, 0.6) is 0 Å². The van der Waals surface area contributed by atoms with E-state index >= 15 is 0 Å². The van der Waals surface area contributed by atoms with Gasteiger partial charge >= 0.3 is 0 Å². The Morgan fingerprint density at radius 3 is 3.15 bits per heavy atom. The van der Waals surface area contributed by atoms with Gasteiger partial charge < -0.3 is 19.8 Å². The summed E-state index contributed by atoms with van der Waals surface area (Å²) >= 11 is 0. The summed E-state index contributed by atoms with van der Waals surface area (Å²) in [6.45, 7) is 0.227. The van der Waals surface area contributed by atoms with E-state index < -0.39 is 0 Å². The van der Waals surface area contributed by atoms with Crippen molar-refractivity contribution in [3.8, 4) is 0 Å². The summed E-state index contributed by atoms with van der Waals surface area (Å²) < 4.78 is 5.33. The summed E-state index contributed by atoms with van der Waals surface area (Å²) in [5, 5.41) is 11.8. The molecule has 2 aromatic heterocycles. The number of aryl methyl sites for hydroxylation is 1. The van der Waals surface area contributed by atoms with Crippen LogP contribution in [0, 0.1) is 5.92 Å². The van der Waals surface area contributed by atoms with Gasteiger partial charge in [0.05, 0.1) is 18.6 Å². The molecule has 0 aromatic carbocycles. The number of hydrogen-bond acceptors (Lipinski definition) is 4. The molecule has 3 rings (SSSR count). The largest absolute Gasteiger partial charge is 0.462 e. The number of H-pyrrole nitrogens is 1. The predicted molar refractivity (Wildman–Crippen MR) is 70.6 cm³/mol. The fourth-order valence-corrected chi connectivity index (χ4v) is 2.55. The van der Waals surface area contributed by atoms with Gasteiger partial charge in [0, 0.05) is 18.0 Å². The molecule has 1 aliphatic rings. The number of nitrogens with zero attached hydrogens (tertiary/aromatic N) is 1. The first-order chi connectivity index (χ1) is 9.76. The normalized spacial score (nSPS) is 17.8. The third-order valence-corrected chi connectivity index (χ3v) is 3.67. The molecule has 0 saturated heterocycles. The molecule has 0 spiro atoms. The number of aliphatic hydroxyl groups is 1. The highest BCUT2D eigenvalue weighted by molar-refractivity contribution is 5.79. The minimum atomic E-state index is -0.126. The number of rotatable bonds is 4. The molecule has 6 heteroatoms. The van der Waals surface area contributed by atoms with Crippen LogP contribution < -0.4 is 5.32 Å². The van der Waals surface area contributed by atoms with Crippen molar-refractivity contribution in [2.75, 3.05) is 0 Å². The van der Waals surface area contributed by atoms with E-state index in [1.54, 1.807) is 18.5 Å². The Morgan fingerprint density at radius 2 is 2.35 bits per heavy atom. The second-order valence-electron chi connectivity index (χ2n) is 5.01. The predicted octanol–water partition coefficient (Wildman–Crippen LogP) is 0.916. The molecule has 6 nitrogen and oxygen atoms in total. The van der Waals surface area contributed by atoms with Crippen LogP contribution in [-0.2, 0) is 30.8 Å². The first kappa shape index (κ1) is 12.9. The van der Waals surface area contributed by atoms with Gasteiger partial charge in [-0.25, -0.2) is 4.98 Å². The van der Waals surface area contributed by atoms with E-state index in [0.717, 1.165) is 24.2 Å². The monoisotopic (exact) mass is 275 g/mol. The van der Waals surface area contributed by atoms with E-state index in [0.29, 0.717) is 24.5 Å². The zero-order valence-electron chi connectivity index (χ0n) is 11.1. The smallest absolute Gasteiger partial charge is 0.223 e. The summed E-state index contributed by atoms with van der Waals surface area (Å²) in [5.74, 6) is 1.18. The molecule has 3 N–H and O–H groups in total. The second-order valence-corrected chi connectivity index (χ2v) is 5.01. The van der Waals surface area contributed by atoms with Gasteiger partial charge in [0.15, 0.2) is 0 Å². The number of fused-ring (bicyclic) bond motifs is 1. The second kappa shape index (κ2) is 5.50. The highest BCUT2D eigenvalue weighted by Crippen LogP contribution is 2.23. The van der Waals surface area contributed by atoms with Gasteiger partial charge in [-0.2, -0.15) is 0 Å². The molecule has 106 valence electrons. The minimum absolute atomic E-state index is 0.0183. The van der Waals surface area contributed by atoms with Gasteiger partial charge in [0.25, 0.3) is 0 Å². The summed E-state index contributed by atoms with van der Waals surface area (Å²) in [7, 11) is 0. The molecule has 0 bridgehead atoms. The summed E-state index contributed by atoms with van der Waals surface area (Å²) in [6.07, 6.45) is 4.06. The van der Waals surface area contributed by atoms with Crippen LogP contribution in [0.2, 0.25) is 0 Å². The highest BCUT2D eigenvalue weighted by atomic mass is 16.4. The van der Waals surface area contributed by atoms with Crippen molar-refractivity contribution in [3.05, 3.63) is 41.4 Å². The van der Waals surface area contributed by atoms with Crippen LogP contribution in [0.15, 0.2) is 22.9 Å². The van der Waals surface area contributed by atoms with E-state index in [-0.39, 0.29) is 18.4 Å². The van der Waals surface area contributed by atoms with Crippen LogP contribution in [-0.4, -0.2) is 21.0 Å². The Labute approximate surface area is 116 Å². The maximum absolute atomic E-state index is 12.1. The maximum atomic E-state index is 12.1. The Bertz CT molecular complexity index is 602. The van der Waals surface area contributed by atoms with Crippen molar-refractivity contribution in [1.29, 1.82) is 0 Å². The van der Waals surface area contributed by atoms with Crippen molar-refractivity contribution in [3.63, 3.8) is 0 Å². The fourth-order valence-electron chi connectivity index (χ4n) is 2.55. The number of carbonyl (C=O) groups is 1. The van der Waals surface area contributed by atoms with Crippen molar-refractivity contribution >= 4 is 5.91 Å². The zero-order valence-corrected chi connectivity index (χ0v) is 11.1. The van der Waals surface area contributed by atoms with Gasteiger partial charge in [-0.1, -0.05) is 0 Å². The summed E-state index contributed by atoms with van der Waals surface area (Å²) in [5.41, 5.74) is 2.14. The molecular weight excluding hydrogens is 258 g/mol. The molecule has 0 unspecified atom stereocenters. The Balaban J connectivity index is 1.55. The van der Waals surface area contributed by atoms with Crippen LogP contribution in [0.4, 0.5) is 0 Å². The van der Waals surface area contributed by atoms with Gasteiger partial charge in [0.1, 0.15) is 18.1 Å². The number of nitrogens with one attached hydrogen (secondary N) is 2. The van der Waals surface area contributed by atoms with E-state index in [4.69, 9.17) is 9.52 Å². The van der Waals surface area contributed by atoms with E-state index in [1.807, 2.05) is 0 Å². The molecule has 2 heterocycles. The molecule has 20 heavy (non-hydrogen) atoms. The van der Waals surface area contributed by atoms with Gasteiger partial charge in [-0.05, 0) is 25.0 Å². The van der Waals surface area contributed by atoms with Crippen molar-refractivity contribution in [2.24, 2.45) is 5.92 Å². The van der Waals surface area contributed by atoms with Crippen molar-refractivity contribution in [1.82, 2.24) is 15.3 Å². The first-order valence-electron chi connectivity index (χ1n) is 6.73. The van der Waals surface area contributed by atoms with E-state index in [2.05, 4.69) is 15.3 Å². The van der Waals surface area contributed by atoms with Gasteiger partial charge in [-0.15, -0.1) is 0 Å². The molecule has 0 radical (unpaired) electrons. The van der Waals surface area contributed by atoms with Crippen LogP contribution in [0.3, 0.4) is 0 Å². The van der Waals surface area contributed by atoms with Crippen LogP contribution in [0.1, 0.15) is 29.3 Å². The number of imidazole rings is 1. The Hall–Kier alpha value is -2.08. The maximum Gasteiger partial charge on any atom is 0.223 e. The zero-order chi connectivity index (χ0) is 13.9. The molecule has 0 aliphatic heterocycles. The lowest BCUT2D eigenvalue weighted by molar-refractivity contribution is -0.125. The molecule has 1 amide bonds. The lowest BCUT2D eigenvalue weighted by Gasteiger charge is -2.20. The Morgan fingerprint density at radius 1 is 1.50 bits per heavy atom. The van der Waals surface area contributed by atoms with Crippen LogP contribution >= 0.6 is 0 Å². The van der Waals surface area contributed by atoms with Gasteiger partial charge in [-0.3, -0.25) is 4.79 Å². The molecule has 1 atom stereocenters. The van der Waals surface area contributed by atoms with Gasteiger partial charge in [0.2, 0.25) is 5.91 Å². The van der Waals surface area contributed by atoms with Crippen LogP contribution in [0.25, 0.3) is 0 Å². The molecule has 0 fully saturated rings. The number of carbonyl (C=O) groups excluding carboxylic acids is 1. The third kappa shape index (κ3) is 2.60. The average Bonchev–Trinajstić information content (AvgIpc) is 3.12. The molecule has 2 aromatic rings. The lowest BCUT2D eigenvalue weighted by atomic mass is 9.89. The fraction of sp³-hybridized carbons (Fsp3) is 0.429. The molecule has 1 aliphatic carbocycles. The van der Waals surface area contributed by atoms with E-state index in [9.17, 15) is 4.79 Å². The third-order valence-electron chi connectivity index (χ3n) is 3.67. The number of furan rings is 1. The van der Waals surface area contributed by atoms with Crippen molar-refractivity contribution < 1.29 is 14.3 Å². The summed E-state index contributed by atoms with van der Waals surface area (Å²) in [6, 6.07) is 3.47. The molecule has 0 saturated carbocycles. The standard InChI is InChI=1S/C14H17N3O3/c18-7-11-3-2-10(20-11)6-15-14(19)9-1-4-12-13(5-9)17-8-16-12/h2-3,8-9,18H,1,4-7H2,(H,15,19)(H,16,17)/t9-/m1/s1. The average molecular weight is 275 g/mol. The number of hydrogen-bond donors (Lipinski definition) is 3. The SMILES string of the molecule is O=C(NCc1ccc(CO)o1)[C@@H]1CCc2nc[nH]c2C1. The first-order valence-corrected chi connectivity index (χ1v) is 6.73. The topological polar surface area (TPSA) is 91.2 Å². The highest BCUT2D eigenvalue weighted by Gasteiger charge is 2.26. The van der Waals surface area contributed by atoms with Crippen molar-refractivity contribution in [2.45, 2.75) is 32.4 Å². The molecular formula is C14H17N3O3.